The summed E-state index contributed by atoms with van der Waals surface area (Å²) in [6.45, 7) is 5.85. The molecular formula is C17H20O5S. The summed E-state index contributed by atoms with van der Waals surface area (Å²) in [5.41, 5.74) is 1.21. The second-order valence-corrected chi connectivity index (χ2v) is 7.26. The zero-order valence-electron chi connectivity index (χ0n) is 13.2. The predicted octanol–water partition coefficient (Wildman–Crippen LogP) is 2.29. The van der Waals surface area contributed by atoms with Crippen molar-refractivity contribution in [1.82, 2.24) is 0 Å². The van der Waals surface area contributed by atoms with Gasteiger partial charge in [-0.05, 0) is 24.6 Å². The summed E-state index contributed by atoms with van der Waals surface area (Å²) < 4.78 is 36.1. The Bertz CT molecular complexity index is 732. The van der Waals surface area contributed by atoms with E-state index in [0.717, 1.165) is 0 Å². The van der Waals surface area contributed by atoms with Crippen molar-refractivity contribution >= 4 is 15.8 Å². The van der Waals surface area contributed by atoms with E-state index < -0.39 is 21.1 Å². The predicted molar refractivity (Wildman–Crippen MR) is 86.7 cm³/mol. The standard InChI is InChI=1S/C17H20O5S/c1-4-22-17(18)14-10-12(2)16(15(14)11-21-3)23(19,20)13-8-6-5-7-9-13/h5-9,16H,2,4,10-11H2,1,3H3. The average Bonchev–Trinajstić information content (AvgIpc) is 2.86. The molecule has 124 valence electrons. The van der Waals surface area contributed by atoms with Crippen molar-refractivity contribution < 1.29 is 22.7 Å². The third kappa shape index (κ3) is 3.38. The molecule has 0 N–H and O–H groups in total. The summed E-state index contributed by atoms with van der Waals surface area (Å²) in [6, 6.07) is 8.15. The van der Waals surface area contributed by atoms with Gasteiger partial charge in [0.05, 0.1) is 18.1 Å². The molecule has 1 aliphatic carbocycles. The largest absolute Gasteiger partial charge is 0.463 e. The van der Waals surface area contributed by atoms with Crippen LogP contribution in [0, 0.1) is 0 Å². The minimum Gasteiger partial charge on any atom is -0.463 e. The van der Waals surface area contributed by atoms with Crippen molar-refractivity contribution in [2.24, 2.45) is 0 Å². The van der Waals surface area contributed by atoms with Crippen LogP contribution in [-0.2, 0) is 24.1 Å². The van der Waals surface area contributed by atoms with Crippen LogP contribution in [0.3, 0.4) is 0 Å². The molecule has 0 aliphatic heterocycles. The number of carbonyl (C=O) groups is 1. The summed E-state index contributed by atoms with van der Waals surface area (Å²) in [4.78, 5) is 12.3. The van der Waals surface area contributed by atoms with Crippen LogP contribution in [0.1, 0.15) is 13.3 Å². The zero-order valence-corrected chi connectivity index (χ0v) is 14.1. The zero-order chi connectivity index (χ0) is 17.0. The van der Waals surface area contributed by atoms with Crippen LogP contribution < -0.4 is 0 Å². The van der Waals surface area contributed by atoms with Crippen LogP contribution in [0.5, 0.6) is 0 Å². The number of esters is 1. The summed E-state index contributed by atoms with van der Waals surface area (Å²) in [5, 5.41) is -0.954. The summed E-state index contributed by atoms with van der Waals surface area (Å²) >= 11 is 0. The first-order valence-electron chi connectivity index (χ1n) is 7.28. The lowest BCUT2D eigenvalue weighted by Gasteiger charge is -2.17. The minimum absolute atomic E-state index is 0.0455. The highest BCUT2D eigenvalue weighted by Crippen LogP contribution is 2.38. The van der Waals surface area contributed by atoms with Crippen molar-refractivity contribution in [1.29, 1.82) is 0 Å². The topological polar surface area (TPSA) is 69.7 Å². The SMILES string of the molecule is C=C1CC(C(=O)OCC)=C(COC)C1S(=O)(=O)c1ccccc1. The van der Waals surface area contributed by atoms with E-state index in [9.17, 15) is 13.2 Å². The number of ether oxygens (including phenoxy) is 2. The summed E-state index contributed by atoms with van der Waals surface area (Å²) in [6.07, 6.45) is 0.189. The maximum atomic E-state index is 13.0. The molecule has 2 rings (SSSR count). The van der Waals surface area contributed by atoms with Gasteiger partial charge in [-0.2, -0.15) is 0 Å². The first-order valence-corrected chi connectivity index (χ1v) is 8.82. The number of hydrogen-bond donors (Lipinski definition) is 0. The van der Waals surface area contributed by atoms with Gasteiger partial charge in [0, 0.05) is 19.1 Å². The fourth-order valence-corrected chi connectivity index (χ4v) is 4.65. The van der Waals surface area contributed by atoms with Crippen molar-refractivity contribution in [3.05, 3.63) is 53.6 Å². The molecule has 0 spiro atoms. The molecule has 1 aromatic rings. The molecule has 0 saturated heterocycles. The maximum Gasteiger partial charge on any atom is 0.334 e. The first kappa shape index (κ1) is 17.4. The molecule has 0 heterocycles. The lowest BCUT2D eigenvalue weighted by molar-refractivity contribution is -0.138. The van der Waals surface area contributed by atoms with Crippen LogP contribution in [0.25, 0.3) is 0 Å². The third-order valence-electron chi connectivity index (χ3n) is 3.68. The second kappa shape index (κ2) is 7.10. The summed E-state index contributed by atoms with van der Waals surface area (Å²) in [7, 11) is -2.22. The molecular weight excluding hydrogens is 316 g/mol. The van der Waals surface area contributed by atoms with Gasteiger partial charge in [0.2, 0.25) is 0 Å². The van der Waals surface area contributed by atoms with Crippen LogP contribution in [0.2, 0.25) is 0 Å². The maximum absolute atomic E-state index is 13.0. The highest BCUT2D eigenvalue weighted by atomic mass is 32.2. The van der Waals surface area contributed by atoms with E-state index in [1.165, 1.54) is 19.2 Å². The molecule has 5 nitrogen and oxygen atoms in total. The highest BCUT2D eigenvalue weighted by Gasteiger charge is 2.41. The molecule has 0 amide bonds. The second-order valence-electron chi connectivity index (χ2n) is 5.23. The Morgan fingerprint density at radius 3 is 2.52 bits per heavy atom. The Kier molecular flexibility index (Phi) is 5.38. The minimum atomic E-state index is -3.69. The van der Waals surface area contributed by atoms with Crippen LogP contribution >= 0.6 is 0 Å². The highest BCUT2D eigenvalue weighted by molar-refractivity contribution is 7.92. The van der Waals surface area contributed by atoms with E-state index in [4.69, 9.17) is 9.47 Å². The molecule has 1 aromatic carbocycles. The van der Waals surface area contributed by atoms with Crippen LogP contribution in [0.4, 0.5) is 0 Å². The number of hydrogen-bond acceptors (Lipinski definition) is 5. The number of rotatable bonds is 6. The number of methoxy groups -OCH3 is 1. The molecule has 0 radical (unpaired) electrons. The van der Waals surface area contributed by atoms with E-state index in [1.54, 1.807) is 25.1 Å². The Morgan fingerprint density at radius 2 is 1.96 bits per heavy atom. The van der Waals surface area contributed by atoms with Crippen LogP contribution in [-0.4, -0.2) is 40.0 Å². The number of carbonyl (C=O) groups excluding carboxylic acids is 1. The van der Waals surface area contributed by atoms with Crippen molar-refractivity contribution in [2.75, 3.05) is 20.3 Å². The Labute approximate surface area is 136 Å². The molecule has 0 fully saturated rings. The molecule has 1 unspecified atom stereocenters. The van der Waals surface area contributed by atoms with Crippen molar-refractivity contribution in [2.45, 2.75) is 23.5 Å². The lowest BCUT2D eigenvalue weighted by Crippen LogP contribution is -2.25. The van der Waals surface area contributed by atoms with E-state index in [0.29, 0.717) is 16.7 Å². The van der Waals surface area contributed by atoms with Crippen LogP contribution in [0.15, 0.2) is 58.5 Å². The molecule has 0 bridgehead atoms. The first-order chi connectivity index (χ1) is 10.9. The van der Waals surface area contributed by atoms with Gasteiger partial charge in [-0.3, -0.25) is 0 Å². The van der Waals surface area contributed by atoms with E-state index in [2.05, 4.69) is 6.58 Å². The molecule has 0 saturated carbocycles. The quantitative estimate of drug-likeness (QED) is 0.589. The van der Waals surface area contributed by atoms with Gasteiger partial charge in [-0.1, -0.05) is 30.4 Å². The van der Waals surface area contributed by atoms with E-state index >= 15 is 0 Å². The Balaban J connectivity index is 2.51. The van der Waals surface area contributed by atoms with Gasteiger partial charge in [0.15, 0.2) is 9.84 Å². The Hall–Kier alpha value is -1.92. The van der Waals surface area contributed by atoms with Gasteiger partial charge >= 0.3 is 5.97 Å². The molecule has 1 atom stereocenters. The van der Waals surface area contributed by atoms with Gasteiger partial charge in [-0.25, -0.2) is 13.2 Å². The Morgan fingerprint density at radius 1 is 1.30 bits per heavy atom. The molecule has 23 heavy (non-hydrogen) atoms. The van der Waals surface area contributed by atoms with Gasteiger partial charge in [0.25, 0.3) is 0 Å². The van der Waals surface area contributed by atoms with E-state index in [-0.39, 0.29) is 24.5 Å². The smallest absolute Gasteiger partial charge is 0.334 e. The van der Waals surface area contributed by atoms with Gasteiger partial charge in [0.1, 0.15) is 5.25 Å². The van der Waals surface area contributed by atoms with Gasteiger partial charge < -0.3 is 9.47 Å². The molecule has 1 aliphatic rings. The lowest BCUT2D eigenvalue weighted by atomic mass is 10.1. The monoisotopic (exact) mass is 336 g/mol. The van der Waals surface area contributed by atoms with Crippen molar-refractivity contribution in [3.63, 3.8) is 0 Å². The molecule has 0 aromatic heterocycles. The normalized spacial score (nSPS) is 18.3. The summed E-state index contributed by atoms with van der Waals surface area (Å²) in [5.74, 6) is -0.508. The third-order valence-corrected chi connectivity index (χ3v) is 5.85. The average molecular weight is 336 g/mol. The van der Waals surface area contributed by atoms with E-state index in [1.807, 2.05) is 0 Å². The fourth-order valence-electron chi connectivity index (χ4n) is 2.73. The number of benzene rings is 1. The van der Waals surface area contributed by atoms with Crippen molar-refractivity contribution in [3.8, 4) is 0 Å². The fraction of sp³-hybridized carbons (Fsp3) is 0.353. The number of sulfone groups is 1. The molecule has 6 heteroatoms. The van der Waals surface area contributed by atoms with Gasteiger partial charge in [-0.15, -0.1) is 0 Å².